The molecular formula is C15H30N4OS. The molecule has 3 N–H and O–H groups in total. The molecule has 1 aliphatic heterocycles. The van der Waals surface area contributed by atoms with E-state index >= 15 is 0 Å². The molecule has 5 nitrogen and oxygen atoms in total. The number of piperazine rings is 1. The molecule has 1 rings (SSSR count). The first kappa shape index (κ1) is 18.3. The van der Waals surface area contributed by atoms with Crippen LogP contribution in [0.3, 0.4) is 0 Å². The van der Waals surface area contributed by atoms with Crippen molar-refractivity contribution in [2.75, 3.05) is 32.7 Å². The molecule has 0 aromatic carbocycles. The first-order chi connectivity index (χ1) is 9.86. The lowest BCUT2D eigenvalue weighted by molar-refractivity contribution is -0.126. The highest BCUT2D eigenvalue weighted by Gasteiger charge is 2.28. The van der Waals surface area contributed by atoms with E-state index in [1.54, 1.807) is 0 Å². The molecule has 122 valence electrons. The molecule has 0 spiro atoms. The Morgan fingerprint density at radius 1 is 1.19 bits per heavy atom. The van der Waals surface area contributed by atoms with Gasteiger partial charge in [0.25, 0.3) is 0 Å². The van der Waals surface area contributed by atoms with Gasteiger partial charge in [-0.15, -0.1) is 0 Å². The van der Waals surface area contributed by atoms with Crippen molar-refractivity contribution in [2.24, 2.45) is 11.7 Å². The van der Waals surface area contributed by atoms with Crippen LogP contribution in [-0.4, -0.2) is 65.5 Å². The van der Waals surface area contributed by atoms with Crippen LogP contribution in [0.5, 0.6) is 0 Å². The summed E-state index contributed by atoms with van der Waals surface area (Å²) in [5.41, 5.74) is 5.80. The summed E-state index contributed by atoms with van der Waals surface area (Å²) in [4.78, 5) is 17.3. The zero-order valence-electron chi connectivity index (χ0n) is 13.8. The molecular weight excluding hydrogens is 284 g/mol. The van der Waals surface area contributed by atoms with Crippen molar-refractivity contribution in [1.82, 2.24) is 15.1 Å². The number of nitrogens with one attached hydrogen (secondary N) is 1. The van der Waals surface area contributed by atoms with E-state index in [9.17, 15) is 4.79 Å². The zero-order valence-corrected chi connectivity index (χ0v) is 14.6. The van der Waals surface area contributed by atoms with E-state index in [1.807, 2.05) is 6.92 Å². The van der Waals surface area contributed by atoms with Crippen molar-refractivity contribution in [2.45, 2.75) is 46.2 Å². The number of rotatable bonds is 7. The second-order valence-electron chi connectivity index (χ2n) is 6.21. The fourth-order valence-electron chi connectivity index (χ4n) is 2.69. The molecule has 0 saturated carbocycles. The maximum atomic E-state index is 12.1. The Kier molecular flexibility index (Phi) is 7.56. The Hall–Kier alpha value is -0.720. The van der Waals surface area contributed by atoms with Crippen molar-refractivity contribution in [1.29, 1.82) is 0 Å². The zero-order chi connectivity index (χ0) is 16.0. The van der Waals surface area contributed by atoms with E-state index in [1.165, 1.54) is 0 Å². The number of carbonyl (C=O) groups excluding carboxylic acids is 1. The Bertz CT molecular complexity index is 354. The standard InChI is InChI=1S/C15H30N4OS/c1-5-13(14(16)21)19-8-6-18(7-9-19)12(4)15(20)17-10-11(2)3/h11-13H,5-10H2,1-4H3,(H2,16,21)(H,17,20). The molecule has 2 atom stereocenters. The van der Waals surface area contributed by atoms with Crippen LogP contribution in [0.15, 0.2) is 0 Å². The number of hydrogen-bond acceptors (Lipinski definition) is 4. The lowest BCUT2D eigenvalue weighted by Gasteiger charge is -2.40. The van der Waals surface area contributed by atoms with Crippen LogP contribution in [0.4, 0.5) is 0 Å². The van der Waals surface area contributed by atoms with Gasteiger partial charge in [-0.05, 0) is 19.3 Å². The maximum absolute atomic E-state index is 12.1. The number of carbonyl (C=O) groups is 1. The van der Waals surface area contributed by atoms with Gasteiger partial charge in [-0.25, -0.2) is 0 Å². The highest BCUT2D eigenvalue weighted by atomic mass is 32.1. The molecule has 0 aliphatic carbocycles. The lowest BCUT2D eigenvalue weighted by Crippen LogP contribution is -2.57. The molecule has 0 aromatic rings. The molecule has 1 heterocycles. The fourth-order valence-corrected chi connectivity index (χ4v) is 3.01. The van der Waals surface area contributed by atoms with E-state index in [4.69, 9.17) is 18.0 Å². The van der Waals surface area contributed by atoms with Crippen LogP contribution < -0.4 is 11.1 Å². The van der Waals surface area contributed by atoms with E-state index in [-0.39, 0.29) is 18.0 Å². The summed E-state index contributed by atoms with van der Waals surface area (Å²) in [7, 11) is 0. The molecule has 2 unspecified atom stereocenters. The number of nitrogens with zero attached hydrogens (tertiary/aromatic N) is 2. The van der Waals surface area contributed by atoms with Gasteiger partial charge in [0.05, 0.1) is 17.1 Å². The van der Waals surface area contributed by atoms with Crippen LogP contribution >= 0.6 is 12.2 Å². The lowest BCUT2D eigenvalue weighted by atomic mass is 10.1. The molecule has 0 aromatic heterocycles. The van der Waals surface area contributed by atoms with Gasteiger partial charge in [-0.1, -0.05) is 33.0 Å². The van der Waals surface area contributed by atoms with Crippen molar-refractivity contribution in [3.05, 3.63) is 0 Å². The van der Waals surface area contributed by atoms with Crippen LogP contribution in [0.25, 0.3) is 0 Å². The summed E-state index contributed by atoms with van der Waals surface area (Å²) in [5.74, 6) is 0.604. The molecule has 1 saturated heterocycles. The normalized spacial score (nSPS) is 20.2. The van der Waals surface area contributed by atoms with Crippen LogP contribution in [-0.2, 0) is 4.79 Å². The van der Waals surface area contributed by atoms with Gasteiger partial charge in [-0.3, -0.25) is 14.6 Å². The maximum Gasteiger partial charge on any atom is 0.237 e. The highest BCUT2D eigenvalue weighted by Crippen LogP contribution is 2.12. The van der Waals surface area contributed by atoms with Gasteiger partial charge < -0.3 is 11.1 Å². The monoisotopic (exact) mass is 314 g/mol. The van der Waals surface area contributed by atoms with Gasteiger partial charge >= 0.3 is 0 Å². The predicted molar refractivity (Wildman–Crippen MR) is 91.3 cm³/mol. The Morgan fingerprint density at radius 2 is 1.71 bits per heavy atom. The smallest absolute Gasteiger partial charge is 0.237 e. The summed E-state index contributed by atoms with van der Waals surface area (Å²) in [6.45, 7) is 12.6. The molecule has 6 heteroatoms. The van der Waals surface area contributed by atoms with E-state index in [2.05, 4.69) is 35.9 Å². The summed E-state index contributed by atoms with van der Waals surface area (Å²) in [6, 6.07) is 0.114. The summed E-state index contributed by atoms with van der Waals surface area (Å²) in [5, 5.41) is 3.01. The minimum Gasteiger partial charge on any atom is -0.392 e. The summed E-state index contributed by atoms with van der Waals surface area (Å²) >= 11 is 5.14. The van der Waals surface area contributed by atoms with E-state index < -0.39 is 0 Å². The van der Waals surface area contributed by atoms with Gasteiger partial charge in [-0.2, -0.15) is 0 Å². The van der Waals surface area contributed by atoms with Crippen LogP contribution in [0.1, 0.15) is 34.1 Å². The van der Waals surface area contributed by atoms with Gasteiger partial charge in [0.2, 0.25) is 5.91 Å². The predicted octanol–water partition coefficient (Wildman–Crippen LogP) is 0.829. The van der Waals surface area contributed by atoms with Crippen molar-refractivity contribution >= 4 is 23.1 Å². The Labute approximate surface area is 134 Å². The van der Waals surface area contributed by atoms with Crippen molar-refractivity contribution in [3.8, 4) is 0 Å². The molecule has 0 radical (unpaired) electrons. The second-order valence-corrected chi connectivity index (χ2v) is 6.68. The number of amides is 1. The third kappa shape index (κ3) is 5.52. The van der Waals surface area contributed by atoms with Crippen LogP contribution in [0, 0.1) is 5.92 Å². The Morgan fingerprint density at radius 3 is 2.14 bits per heavy atom. The average molecular weight is 314 g/mol. The second kappa shape index (κ2) is 8.66. The number of nitrogens with two attached hydrogens (primary N) is 1. The summed E-state index contributed by atoms with van der Waals surface area (Å²) < 4.78 is 0. The van der Waals surface area contributed by atoms with Crippen LogP contribution in [0.2, 0.25) is 0 Å². The molecule has 0 bridgehead atoms. The summed E-state index contributed by atoms with van der Waals surface area (Å²) in [6.07, 6.45) is 0.944. The molecule has 21 heavy (non-hydrogen) atoms. The first-order valence-corrected chi connectivity index (χ1v) is 8.32. The quantitative estimate of drug-likeness (QED) is 0.682. The highest BCUT2D eigenvalue weighted by molar-refractivity contribution is 7.80. The third-order valence-electron chi connectivity index (χ3n) is 4.12. The largest absolute Gasteiger partial charge is 0.392 e. The molecule has 1 fully saturated rings. The van der Waals surface area contributed by atoms with Crippen molar-refractivity contribution < 1.29 is 4.79 Å². The Balaban J connectivity index is 2.44. The SMILES string of the molecule is CCC(C(N)=S)N1CCN(C(C)C(=O)NCC(C)C)CC1. The average Bonchev–Trinajstić information content (AvgIpc) is 2.45. The number of hydrogen-bond donors (Lipinski definition) is 2. The first-order valence-electron chi connectivity index (χ1n) is 7.91. The van der Waals surface area contributed by atoms with E-state index in [0.717, 1.165) is 39.1 Å². The van der Waals surface area contributed by atoms with E-state index in [0.29, 0.717) is 10.9 Å². The topological polar surface area (TPSA) is 61.6 Å². The molecule has 1 aliphatic rings. The van der Waals surface area contributed by atoms with Crippen molar-refractivity contribution in [3.63, 3.8) is 0 Å². The fraction of sp³-hybridized carbons (Fsp3) is 0.867. The number of thiocarbonyl (C=S) groups is 1. The molecule has 1 amide bonds. The van der Waals surface area contributed by atoms with Gasteiger partial charge in [0.15, 0.2) is 0 Å². The van der Waals surface area contributed by atoms with Gasteiger partial charge in [0, 0.05) is 32.7 Å². The minimum atomic E-state index is -0.0733. The van der Waals surface area contributed by atoms with Gasteiger partial charge in [0.1, 0.15) is 0 Å². The minimum absolute atomic E-state index is 0.0733. The third-order valence-corrected chi connectivity index (χ3v) is 4.39.